The van der Waals surface area contributed by atoms with Gasteiger partial charge in [-0.2, -0.15) is 0 Å². The number of carbonyl (C=O) groups is 2. The molecule has 3 N–H and O–H groups in total. The molecule has 0 unspecified atom stereocenters. The molecular weight excluding hydrogens is 550 g/mol. The monoisotopic (exact) mass is 605 g/mol. The molecule has 5 rings (SSSR count). The van der Waals surface area contributed by atoms with Gasteiger partial charge in [0.25, 0.3) is 0 Å². The standard InChI is InChI=1S/C38H55NO5/c1-23(2)12-11-15-27(35(42)43)33-29-20-31(41)34-36(5)18-17-30(39-22-26-13-9-8-10-14-26)24(3)28(36)16-19-37(34,6)38(29,7)21-32(33)44-25(4)40/h8-10,12-14,24,28-32,34,39,41H,11,15-22H2,1-7H3,(H,42,43)/b33-27-/t24-,28-,29-,30-,31+,32-,34-,36-,37-,38-/m0/s1. The fourth-order valence-electron chi connectivity index (χ4n) is 10.9. The Bertz CT molecular complexity index is 1300. The van der Waals surface area contributed by atoms with Gasteiger partial charge in [0.2, 0.25) is 0 Å². The Balaban J connectivity index is 1.47. The summed E-state index contributed by atoms with van der Waals surface area (Å²) < 4.78 is 5.96. The lowest BCUT2D eigenvalue weighted by atomic mass is 9.36. The van der Waals surface area contributed by atoms with Crippen LogP contribution in [-0.2, 0) is 20.9 Å². The lowest BCUT2D eigenvalue weighted by Gasteiger charge is -2.69. The average Bonchev–Trinajstić information content (AvgIpc) is 3.22. The third-order valence-corrected chi connectivity index (χ3v) is 13.0. The van der Waals surface area contributed by atoms with Gasteiger partial charge in [0, 0.05) is 25.1 Å². The topological polar surface area (TPSA) is 95.9 Å². The van der Waals surface area contributed by atoms with Crippen LogP contribution in [0.25, 0.3) is 0 Å². The van der Waals surface area contributed by atoms with E-state index in [0.29, 0.717) is 49.1 Å². The van der Waals surface area contributed by atoms with Crippen molar-refractivity contribution in [2.45, 2.75) is 125 Å². The first-order chi connectivity index (χ1) is 20.7. The first-order valence-electron chi connectivity index (χ1n) is 16.9. The maximum atomic E-state index is 12.8. The normalized spacial score (nSPS) is 40.7. The number of esters is 1. The van der Waals surface area contributed by atoms with Crippen molar-refractivity contribution in [2.75, 3.05) is 0 Å². The molecule has 0 aliphatic heterocycles. The molecule has 0 amide bonds. The fraction of sp³-hybridized carbons (Fsp3) is 0.684. The predicted molar refractivity (Wildman–Crippen MR) is 174 cm³/mol. The van der Waals surface area contributed by atoms with Gasteiger partial charge in [-0.15, -0.1) is 0 Å². The summed E-state index contributed by atoms with van der Waals surface area (Å²) in [5, 5.41) is 26.5. The van der Waals surface area contributed by atoms with Gasteiger partial charge in [0.1, 0.15) is 6.10 Å². The summed E-state index contributed by atoms with van der Waals surface area (Å²) in [5.41, 5.74) is 3.06. The van der Waals surface area contributed by atoms with E-state index in [2.05, 4.69) is 69.4 Å². The van der Waals surface area contributed by atoms with Crippen molar-refractivity contribution in [2.24, 2.45) is 39.9 Å². The predicted octanol–water partition coefficient (Wildman–Crippen LogP) is 7.46. The second-order valence-electron chi connectivity index (χ2n) is 15.6. The number of carboxylic acid groups (broad SMARTS) is 1. The Morgan fingerprint density at radius 3 is 2.39 bits per heavy atom. The van der Waals surface area contributed by atoms with Crippen LogP contribution in [0.3, 0.4) is 0 Å². The van der Waals surface area contributed by atoms with Gasteiger partial charge < -0.3 is 20.3 Å². The molecule has 10 atom stereocenters. The summed E-state index contributed by atoms with van der Waals surface area (Å²) >= 11 is 0. The number of aliphatic hydroxyl groups excluding tert-OH is 1. The Kier molecular flexibility index (Phi) is 9.28. The van der Waals surface area contributed by atoms with Crippen LogP contribution in [0.15, 0.2) is 53.1 Å². The molecule has 0 saturated heterocycles. The second kappa shape index (κ2) is 12.4. The molecule has 44 heavy (non-hydrogen) atoms. The van der Waals surface area contributed by atoms with Crippen molar-refractivity contribution >= 4 is 11.9 Å². The van der Waals surface area contributed by atoms with Gasteiger partial charge in [0.05, 0.1) is 6.10 Å². The van der Waals surface area contributed by atoms with E-state index in [1.807, 2.05) is 13.8 Å². The number of hydrogen-bond acceptors (Lipinski definition) is 5. The molecule has 242 valence electrons. The number of ether oxygens (including phenoxy) is 1. The molecule has 6 heteroatoms. The minimum absolute atomic E-state index is 0.0206. The van der Waals surface area contributed by atoms with Crippen LogP contribution in [0.5, 0.6) is 0 Å². The van der Waals surface area contributed by atoms with Crippen molar-refractivity contribution in [1.82, 2.24) is 5.32 Å². The van der Waals surface area contributed by atoms with E-state index >= 15 is 0 Å². The van der Waals surface area contributed by atoms with Crippen LogP contribution in [0, 0.1) is 39.9 Å². The van der Waals surface area contributed by atoms with E-state index in [1.54, 1.807) is 0 Å². The molecule has 0 heterocycles. The Morgan fingerprint density at radius 2 is 1.75 bits per heavy atom. The van der Waals surface area contributed by atoms with Crippen LogP contribution in [0.4, 0.5) is 0 Å². The van der Waals surface area contributed by atoms with E-state index < -0.39 is 18.2 Å². The third-order valence-electron chi connectivity index (χ3n) is 13.0. The number of carbonyl (C=O) groups excluding carboxylic acids is 1. The van der Waals surface area contributed by atoms with Gasteiger partial charge in [-0.05, 0) is 116 Å². The van der Waals surface area contributed by atoms with Crippen LogP contribution in [-0.4, -0.2) is 40.4 Å². The first-order valence-corrected chi connectivity index (χ1v) is 16.9. The number of aliphatic carboxylic acids is 1. The second-order valence-corrected chi connectivity index (χ2v) is 15.6. The SMILES string of the molecule is CC(=O)O[C@H]1C[C@@]2(C)[C@@H](C[C@@H](O)[C@H]3[C@@]4(C)CC[C@H](NCc5ccccc5)[C@@H](C)[C@@H]4CC[C@@]32C)/C1=C(\CCC=C(C)C)C(=O)O. The largest absolute Gasteiger partial charge is 0.478 e. The third kappa shape index (κ3) is 5.59. The Hall–Kier alpha value is -2.44. The number of carboxylic acids is 1. The Morgan fingerprint density at radius 1 is 1.05 bits per heavy atom. The number of fused-ring (bicyclic) bond motifs is 5. The molecule has 4 aliphatic rings. The van der Waals surface area contributed by atoms with Gasteiger partial charge in [-0.25, -0.2) is 4.79 Å². The molecule has 0 aromatic heterocycles. The zero-order valence-corrected chi connectivity index (χ0v) is 28.0. The highest BCUT2D eigenvalue weighted by Gasteiger charge is 2.70. The highest BCUT2D eigenvalue weighted by atomic mass is 16.5. The highest BCUT2D eigenvalue weighted by Crippen LogP contribution is 2.74. The summed E-state index contributed by atoms with van der Waals surface area (Å²) in [5.74, 6) is -0.364. The zero-order chi connectivity index (χ0) is 32.0. The van der Waals surface area contributed by atoms with E-state index in [4.69, 9.17) is 4.74 Å². The zero-order valence-electron chi connectivity index (χ0n) is 28.0. The van der Waals surface area contributed by atoms with Crippen molar-refractivity contribution in [3.05, 3.63) is 58.7 Å². The number of benzene rings is 1. The first kappa shape index (κ1) is 32.9. The summed E-state index contributed by atoms with van der Waals surface area (Å²) in [4.78, 5) is 25.1. The van der Waals surface area contributed by atoms with Crippen molar-refractivity contribution in [3.63, 3.8) is 0 Å². The molecule has 4 fully saturated rings. The summed E-state index contributed by atoms with van der Waals surface area (Å²) in [6.45, 7) is 15.9. The minimum Gasteiger partial charge on any atom is -0.478 e. The number of hydrogen-bond donors (Lipinski definition) is 3. The summed E-state index contributed by atoms with van der Waals surface area (Å²) in [7, 11) is 0. The molecule has 1 aromatic rings. The minimum atomic E-state index is -0.934. The van der Waals surface area contributed by atoms with E-state index in [9.17, 15) is 19.8 Å². The summed E-state index contributed by atoms with van der Waals surface area (Å²) in [6, 6.07) is 11.0. The smallest absolute Gasteiger partial charge is 0.331 e. The van der Waals surface area contributed by atoms with Crippen LogP contribution in [0.1, 0.15) is 105 Å². The Labute approximate surface area is 264 Å². The maximum Gasteiger partial charge on any atom is 0.331 e. The van der Waals surface area contributed by atoms with Gasteiger partial charge >= 0.3 is 11.9 Å². The molecule has 1 aromatic carbocycles. The van der Waals surface area contributed by atoms with Gasteiger partial charge in [0.15, 0.2) is 0 Å². The number of nitrogens with one attached hydrogen (secondary N) is 1. The molecule has 0 radical (unpaired) electrons. The van der Waals surface area contributed by atoms with E-state index in [-0.39, 0.29) is 34.1 Å². The fourth-order valence-corrected chi connectivity index (χ4v) is 10.9. The number of rotatable bonds is 8. The van der Waals surface area contributed by atoms with Crippen molar-refractivity contribution in [1.29, 1.82) is 0 Å². The van der Waals surface area contributed by atoms with Crippen LogP contribution >= 0.6 is 0 Å². The van der Waals surface area contributed by atoms with Crippen molar-refractivity contribution in [3.8, 4) is 0 Å². The highest BCUT2D eigenvalue weighted by molar-refractivity contribution is 5.88. The van der Waals surface area contributed by atoms with Crippen LogP contribution < -0.4 is 5.32 Å². The molecule has 0 bridgehead atoms. The molecule has 6 nitrogen and oxygen atoms in total. The molecule has 0 spiro atoms. The van der Waals surface area contributed by atoms with Crippen molar-refractivity contribution < 1.29 is 24.5 Å². The van der Waals surface area contributed by atoms with Gasteiger partial charge in [-0.3, -0.25) is 4.79 Å². The molecule has 4 saturated carbocycles. The number of aliphatic hydroxyl groups is 1. The lowest BCUT2D eigenvalue weighted by molar-refractivity contribution is -0.227. The summed E-state index contributed by atoms with van der Waals surface area (Å²) in [6.07, 6.45) is 7.34. The van der Waals surface area contributed by atoms with E-state index in [0.717, 1.165) is 43.4 Å². The lowest BCUT2D eigenvalue weighted by Crippen LogP contribution is -2.66. The van der Waals surface area contributed by atoms with Crippen LogP contribution in [0.2, 0.25) is 0 Å². The van der Waals surface area contributed by atoms with E-state index in [1.165, 1.54) is 12.5 Å². The number of allylic oxidation sites excluding steroid dienone is 2. The quantitative estimate of drug-likeness (QED) is 0.162. The molecule has 4 aliphatic carbocycles. The van der Waals surface area contributed by atoms with Gasteiger partial charge in [-0.1, -0.05) is 69.7 Å². The molecular formula is C38H55NO5. The maximum absolute atomic E-state index is 12.8. The average molecular weight is 606 g/mol.